The summed E-state index contributed by atoms with van der Waals surface area (Å²) in [5, 5.41) is 10.6. The Morgan fingerprint density at radius 3 is 2.00 bits per heavy atom. The second-order valence-electron chi connectivity index (χ2n) is 3.73. The van der Waals surface area contributed by atoms with Crippen molar-refractivity contribution in [3.63, 3.8) is 0 Å². The van der Waals surface area contributed by atoms with Gasteiger partial charge in [0.05, 0.1) is 0 Å². The molecule has 0 heterocycles. The average molecular weight is 334 g/mol. The number of aliphatic hydroxyl groups is 1. The summed E-state index contributed by atoms with van der Waals surface area (Å²) in [6.45, 7) is 0. The van der Waals surface area contributed by atoms with Gasteiger partial charge in [-0.2, -0.15) is 0 Å². The van der Waals surface area contributed by atoms with Crippen molar-refractivity contribution in [3.05, 3.63) is 69.3 Å². The largest absolute Gasteiger partial charge is 0.369 e. The first-order chi connectivity index (χ1) is 8.16. The van der Waals surface area contributed by atoms with Gasteiger partial charge in [-0.1, -0.05) is 48.4 Å². The van der Waals surface area contributed by atoms with Crippen LogP contribution in [-0.4, -0.2) is 5.11 Å². The van der Waals surface area contributed by atoms with Gasteiger partial charge in [-0.05, 0) is 34.7 Å². The molecule has 0 saturated heterocycles. The van der Waals surface area contributed by atoms with Crippen molar-refractivity contribution >= 4 is 22.6 Å². The zero-order valence-corrected chi connectivity index (χ0v) is 11.3. The molecule has 17 heavy (non-hydrogen) atoms. The van der Waals surface area contributed by atoms with E-state index in [2.05, 4.69) is 28.5 Å². The van der Waals surface area contributed by atoms with Gasteiger partial charge < -0.3 is 5.11 Å². The molecule has 2 aromatic rings. The molecule has 1 N–H and O–H groups in total. The molecule has 0 aliphatic heterocycles. The van der Waals surface area contributed by atoms with Gasteiger partial charge in [-0.25, -0.2) is 0 Å². The van der Waals surface area contributed by atoms with Crippen LogP contribution in [0.2, 0.25) is 0 Å². The molecule has 1 unspecified atom stereocenters. The van der Waals surface area contributed by atoms with Gasteiger partial charge in [0.2, 0.25) is 0 Å². The summed E-state index contributed by atoms with van der Waals surface area (Å²) in [5.74, 6) is 2.48. The van der Waals surface area contributed by atoms with Crippen molar-refractivity contribution in [2.75, 3.05) is 0 Å². The topological polar surface area (TPSA) is 20.2 Å². The Labute approximate surface area is 115 Å². The van der Waals surface area contributed by atoms with Crippen molar-refractivity contribution in [2.45, 2.75) is 5.60 Å². The maximum Gasteiger partial charge on any atom is 0.176 e. The van der Waals surface area contributed by atoms with E-state index < -0.39 is 5.60 Å². The monoisotopic (exact) mass is 334 g/mol. The van der Waals surface area contributed by atoms with Crippen LogP contribution >= 0.6 is 22.6 Å². The van der Waals surface area contributed by atoms with Crippen LogP contribution in [0.25, 0.3) is 0 Å². The van der Waals surface area contributed by atoms with E-state index in [1.54, 1.807) is 0 Å². The predicted octanol–water partition coefficient (Wildman–Crippen LogP) is 3.16. The van der Waals surface area contributed by atoms with E-state index in [1.807, 2.05) is 54.6 Å². The zero-order chi connectivity index (χ0) is 12.3. The van der Waals surface area contributed by atoms with Gasteiger partial charge in [-0.15, -0.1) is 6.42 Å². The van der Waals surface area contributed by atoms with Crippen LogP contribution in [0, 0.1) is 15.9 Å². The molecule has 0 saturated carbocycles. The summed E-state index contributed by atoms with van der Waals surface area (Å²) >= 11 is 2.22. The zero-order valence-electron chi connectivity index (χ0n) is 9.10. The van der Waals surface area contributed by atoms with Crippen molar-refractivity contribution in [3.8, 4) is 12.3 Å². The van der Waals surface area contributed by atoms with E-state index in [9.17, 15) is 5.11 Å². The lowest BCUT2D eigenvalue weighted by molar-refractivity contribution is 0.145. The first kappa shape index (κ1) is 12.2. The van der Waals surface area contributed by atoms with Crippen molar-refractivity contribution in [1.82, 2.24) is 0 Å². The Kier molecular flexibility index (Phi) is 3.51. The van der Waals surface area contributed by atoms with Crippen LogP contribution < -0.4 is 0 Å². The van der Waals surface area contributed by atoms with Crippen LogP contribution in [0.5, 0.6) is 0 Å². The number of halogens is 1. The Balaban J connectivity index is 2.53. The molecule has 0 amide bonds. The Morgan fingerprint density at radius 1 is 0.941 bits per heavy atom. The smallest absolute Gasteiger partial charge is 0.176 e. The van der Waals surface area contributed by atoms with Crippen molar-refractivity contribution in [1.29, 1.82) is 0 Å². The Bertz CT molecular complexity index is 539. The lowest BCUT2D eigenvalue weighted by atomic mass is 9.87. The molecule has 0 bridgehead atoms. The number of rotatable bonds is 2. The molecule has 2 rings (SSSR count). The second kappa shape index (κ2) is 4.91. The number of benzene rings is 2. The number of hydrogen-bond donors (Lipinski definition) is 1. The van der Waals surface area contributed by atoms with E-state index in [4.69, 9.17) is 6.42 Å². The minimum Gasteiger partial charge on any atom is -0.369 e. The quantitative estimate of drug-likeness (QED) is 0.661. The normalized spacial score (nSPS) is 13.7. The fraction of sp³-hybridized carbons (Fsp3) is 0.0667. The summed E-state index contributed by atoms with van der Waals surface area (Å²) in [4.78, 5) is 0. The van der Waals surface area contributed by atoms with Crippen LogP contribution in [0.1, 0.15) is 11.1 Å². The van der Waals surface area contributed by atoms with Gasteiger partial charge in [0.1, 0.15) is 0 Å². The van der Waals surface area contributed by atoms with Crippen molar-refractivity contribution in [2.24, 2.45) is 0 Å². The molecule has 84 valence electrons. The highest BCUT2D eigenvalue weighted by molar-refractivity contribution is 14.1. The summed E-state index contributed by atoms with van der Waals surface area (Å²) in [6.07, 6.45) is 5.51. The second-order valence-corrected chi connectivity index (χ2v) is 4.97. The van der Waals surface area contributed by atoms with Crippen LogP contribution in [0.15, 0.2) is 54.6 Å². The summed E-state index contributed by atoms with van der Waals surface area (Å²) in [5.41, 5.74) is 0.0707. The first-order valence-electron chi connectivity index (χ1n) is 5.18. The standard InChI is InChI=1S/C15H11IO/c1-2-15(17,12-6-4-3-5-7-12)13-8-10-14(16)11-9-13/h1,3-11,17H. The van der Waals surface area contributed by atoms with Crippen molar-refractivity contribution < 1.29 is 5.11 Å². The van der Waals surface area contributed by atoms with Gasteiger partial charge in [0.25, 0.3) is 0 Å². The maximum atomic E-state index is 10.6. The Hall–Kier alpha value is -1.31. The summed E-state index contributed by atoms with van der Waals surface area (Å²) in [7, 11) is 0. The molecule has 2 aromatic carbocycles. The van der Waals surface area contributed by atoms with Gasteiger partial charge >= 0.3 is 0 Å². The molecule has 1 nitrogen and oxygen atoms in total. The van der Waals surface area contributed by atoms with Crippen LogP contribution in [0.3, 0.4) is 0 Å². The predicted molar refractivity (Wildman–Crippen MR) is 77.4 cm³/mol. The van der Waals surface area contributed by atoms with E-state index in [0.29, 0.717) is 11.1 Å². The molecular weight excluding hydrogens is 323 g/mol. The molecule has 0 aliphatic carbocycles. The maximum absolute atomic E-state index is 10.6. The van der Waals surface area contributed by atoms with Gasteiger partial charge in [0.15, 0.2) is 5.60 Å². The lowest BCUT2D eigenvalue weighted by Gasteiger charge is -2.23. The molecule has 2 heteroatoms. The van der Waals surface area contributed by atoms with Crippen LogP contribution in [0.4, 0.5) is 0 Å². The lowest BCUT2D eigenvalue weighted by Crippen LogP contribution is -2.24. The van der Waals surface area contributed by atoms with Crippen LogP contribution in [-0.2, 0) is 5.60 Å². The highest BCUT2D eigenvalue weighted by atomic mass is 127. The Morgan fingerprint density at radius 2 is 1.47 bits per heavy atom. The minimum atomic E-state index is -1.36. The number of terminal acetylenes is 1. The number of hydrogen-bond acceptors (Lipinski definition) is 1. The SMILES string of the molecule is C#CC(O)(c1ccccc1)c1ccc(I)cc1. The molecule has 0 fully saturated rings. The van der Waals surface area contributed by atoms with E-state index in [1.165, 1.54) is 0 Å². The molecule has 0 radical (unpaired) electrons. The molecule has 1 atom stereocenters. The van der Waals surface area contributed by atoms with E-state index in [0.717, 1.165) is 3.57 Å². The molecular formula is C15H11IO. The highest BCUT2D eigenvalue weighted by Gasteiger charge is 2.28. The third-order valence-corrected chi connectivity index (χ3v) is 3.38. The molecule has 0 spiro atoms. The highest BCUT2D eigenvalue weighted by Crippen LogP contribution is 2.29. The fourth-order valence-corrected chi connectivity index (χ4v) is 2.06. The average Bonchev–Trinajstić information content (AvgIpc) is 2.40. The summed E-state index contributed by atoms with van der Waals surface area (Å²) < 4.78 is 1.11. The minimum absolute atomic E-state index is 0.712. The fourth-order valence-electron chi connectivity index (χ4n) is 1.70. The van der Waals surface area contributed by atoms with E-state index >= 15 is 0 Å². The molecule has 0 aliphatic rings. The summed E-state index contributed by atoms with van der Waals surface area (Å²) in [6, 6.07) is 16.9. The third-order valence-electron chi connectivity index (χ3n) is 2.66. The molecule has 0 aromatic heterocycles. The van der Waals surface area contributed by atoms with E-state index in [-0.39, 0.29) is 0 Å². The first-order valence-corrected chi connectivity index (χ1v) is 6.26. The van der Waals surface area contributed by atoms with Gasteiger partial charge in [-0.3, -0.25) is 0 Å². The third kappa shape index (κ3) is 2.36. The van der Waals surface area contributed by atoms with Gasteiger partial charge in [0, 0.05) is 14.7 Å².